The van der Waals surface area contributed by atoms with Crippen molar-refractivity contribution in [2.45, 2.75) is 26.7 Å². The van der Waals surface area contributed by atoms with E-state index in [0.717, 1.165) is 29.8 Å². The smallest absolute Gasteiger partial charge is 0.283 e. The number of anilines is 1. The molecule has 1 aromatic rings. The van der Waals surface area contributed by atoms with Crippen LogP contribution in [0.15, 0.2) is 18.2 Å². The van der Waals surface area contributed by atoms with Crippen LogP contribution in [0.2, 0.25) is 5.02 Å². The quantitative estimate of drug-likeness (QED) is 0.792. The number of unbranched alkanes of at least 4 members (excludes halogenated alkanes) is 1. The minimum atomic E-state index is -0.00104. The lowest BCUT2D eigenvalue weighted by atomic mass is 10.2. The normalized spacial score (nSPS) is 10.2. The van der Waals surface area contributed by atoms with Crippen LogP contribution in [0.25, 0.3) is 0 Å². The van der Waals surface area contributed by atoms with E-state index >= 15 is 0 Å². The lowest BCUT2D eigenvalue weighted by Crippen LogP contribution is -2.06. The highest BCUT2D eigenvalue weighted by atomic mass is 35.5. The van der Waals surface area contributed by atoms with Crippen molar-refractivity contribution >= 4 is 34.3 Å². The SMILES string of the molecule is CCCCSC(=O)Nc1ccc(Cl)cc1C. The molecule has 0 atom stereocenters. The molecule has 0 heterocycles. The molecule has 2 nitrogen and oxygen atoms in total. The fourth-order valence-electron chi connectivity index (χ4n) is 1.22. The molecule has 0 aromatic heterocycles. The summed E-state index contributed by atoms with van der Waals surface area (Å²) in [6.07, 6.45) is 2.18. The Morgan fingerprint density at radius 1 is 1.50 bits per heavy atom. The molecule has 0 fully saturated rings. The number of aryl methyl sites for hydroxylation is 1. The highest BCUT2D eigenvalue weighted by Gasteiger charge is 2.05. The van der Waals surface area contributed by atoms with E-state index in [1.165, 1.54) is 11.8 Å². The minimum Gasteiger partial charge on any atom is -0.317 e. The summed E-state index contributed by atoms with van der Waals surface area (Å²) in [5.74, 6) is 0.870. The highest BCUT2D eigenvalue weighted by molar-refractivity contribution is 8.13. The van der Waals surface area contributed by atoms with E-state index < -0.39 is 0 Å². The van der Waals surface area contributed by atoms with Gasteiger partial charge in [0, 0.05) is 16.5 Å². The highest BCUT2D eigenvalue weighted by Crippen LogP contribution is 2.21. The molecular formula is C12H16ClNOS. The van der Waals surface area contributed by atoms with Gasteiger partial charge in [0.25, 0.3) is 5.24 Å². The summed E-state index contributed by atoms with van der Waals surface area (Å²) in [6, 6.07) is 5.45. The summed E-state index contributed by atoms with van der Waals surface area (Å²) in [7, 11) is 0. The predicted octanol–water partition coefficient (Wildman–Crippen LogP) is 4.71. The first kappa shape index (κ1) is 13.4. The maximum atomic E-state index is 11.5. The molecule has 0 aliphatic carbocycles. The van der Waals surface area contributed by atoms with Crippen LogP contribution in [0.5, 0.6) is 0 Å². The van der Waals surface area contributed by atoms with Gasteiger partial charge in [0.1, 0.15) is 0 Å². The molecule has 88 valence electrons. The lowest BCUT2D eigenvalue weighted by Gasteiger charge is -2.07. The zero-order valence-corrected chi connectivity index (χ0v) is 11.1. The van der Waals surface area contributed by atoms with E-state index in [9.17, 15) is 4.79 Å². The van der Waals surface area contributed by atoms with E-state index in [0.29, 0.717) is 5.02 Å². The van der Waals surface area contributed by atoms with Gasteiger partial charge in [-0.25, -0.2) is 0 Å². The lowest BCUT2D eigenvalue weighted by molar-refractivity contribution is 0.269. The van der Waals surface area contributed by atoms with E-state index in [1.807, 2.05) is 19.1 Å². The van der Waals surface area contributed by atoms with Crippen LogP contribution < -0.4 is 5.32 Å². The van der Waals surface area contributed by atoms with Gasteiger partial charge in [-0.05, 0) is 37.1 Å². The van der Waals surface area contributed by atoms with Crippen LogP contribution >= 0.6 is 23.4 Å². The average molecular weight is 258 g/mol. The predicted molar refractivity (Wildman–Crippen MR) is 72.6 cm³/mol. The van der Waals surface area contributed by atoms with Crippen molar-refractivity contribution in [2.75, 3.05) is 11.1 Å². The Bertz CT molecular complexity index is 368. The summed E-state index contributed by atoms with van der Waals surface area (Å²) in [6.45, 7) is 4.04. The number of carbonyl (C=O) groups is 1. The Morgan fingerprint density at radius 3 is 2.88 bits per heavy atom. The average Bonchev–Trinajstić information content (AvgIpc) is 2.23. The van der Waals surface area contributed by atoms with Gasteiger partial charge in [0.05, 0.1) is 0 Å². The Labute approximate surface area is 106 Å². The van der Waals surface area contributed by atoms with E-state index in [2.05, 4.69) is 12.2 Å². The summed E-state index contributed by atoms with van der Waals surface area (Å²) >= 11 is 7.16. The molecule has 0 saturated carbocycles. The largest absolute Gasteiger partial charge is 0.317 e. The van der Waals surface area contributed by atoms with Crippen molar-refractivity contribution in [1.29, 1.82) is 0 Å². The second-order valence-corrected chi connectivity index (χ2v) is 5.08. The zero-order valence-electron chi connectivity index (χ0n) is 9.55. The Hall–Kier alpha value is -0.670. The molecular weight excluding hydrogens is 242 g/mol. The summed E-state index contributed by atoms with van der Waals surface area (Å²) < 4.78 is 0. The molecule has 1 rings (SSSR count). The molecule has 4 heteroatoms. The summed E-state index contributed by atoms with van der Waals surface area (Å²) in [4.78, 5) is 11.5. The van der Waals surface area contributed by atoms with Crippen LogP contribution in [-0.2, 0) is 0 Å². The number of rotatable bonds is 4. The third-order valence-electron chi connectivity index (χ3n) is 2.16. The molecule has 1 aromatic carbocycles. The Balaban J connectivity index is 2.49. The number of hydrogen-bond donors (Lipinski definition) is 1. The van der Waals surface area contributed by atoms with Crippen molar-refractivity contribution in [1.82, 2.24) is 0 Å². The number of carbonyl (C=O) groups excluding carboxylic acids is 1. The zero-order chi connectivity index (χ0) is 12.0. The van der Waals surface area contributed by atoms with E-state index in [1.54, 1.807) is 6.07 Å². The number of halogens is 1. The van der Waals surface area contributed by atoms with Crippen LogP contribution in [0, 0.1) is 6.92 Å². The molecule has 0 spiro atoms. The molecule has 1 N–H and O–H groups in total. The number of nitrogens with one attached hydrogen (secondary N) is 1. The first-order valence-electron chi connectivity index (χ1n) is 5.33. The van der Waals surface area contributed by atoms with Crippen molar-refractivity contribution in [3.63, 3.8) is 0 Å². The topological polar surface area (TPSA) is 29.1 Å². The van der Waals surface area contributed by atoms with Gasteiger partial charge in [-0.1, -0.05) is 36.7 Å². The standard InChI is InChI=1S/C12H16ClNOS/c1-3-4-7-16-12(15)14-11-6-5-10(13)8-9(11)2/h5-6,8H,3-4,7H2,1-2H3,(H,14,15). The summed E-state index contributed by atoms with van der Waals surface area (Å²) in [5.41, 5.74) is 1.82. The van der Waals surface area contributed by atoms with Crippen molar-refractivity contribution in [3.8, 4) is 0 Å². The van der Waals surface area contributed by atoms with E-state index in [4.69, 9.17) is 11.6 Å². The fraction of sp³-hybridized carbons (Fsp3) is 0.417. The maximum Gasteiger partial charge on any atom is 0.283 e. The number of benzene rings is 1. The minimum absolute atomic E-state index is 0.00104. The molecule has 0 unspecified atom stereocenters. The number of amides is 1. The van der Waals surface area contributed by atoms with Crippen LogP contribution in [0.1, 0.15) is 25.3 Å². The van der Waals surface area contributed by atoms with Crippen LogP contribution in [-0.4, -0.2) is 11.0 Å². The van der Waals surface area contributed by atoms with Crippen LogP contribution in [0.4, 0.5) is 10.5 Å². The Kier molecular flexibility index (Phi) is 5.71. The molecule has 0 bridgehead atoms. The van der Waals surface area contributed by atoms with Crippen molar-refractivity contribution in [3.05, 3.63) is 28.8 Å². The molecule has 0 radical (unpaired) electrons. The second-order valence-electron chi connectivity index (χ2n) is 3.57. The second kappa shape index (κ2) is 6.81. The van der Waals surface area contributed by atoms with Gasteiger partial charge >= 0.3 is 0 Å². The summed E-state index contributed by atoms with van der Waals surface area (Å²) in [5, 5.41) is 3.55. The fourth-order valence-corrected chi connectivity index (χ4v) is 2.25. The van der Waals surface area contributed by atoms with Gasteiger partial charge < -0.3 is 5.32 Å². The van der Waals surface area contributed by atoms with E-state index in [-0.39, 0.29) is 5.24 Å². The van der Waals surface area contributed by atoms with Gasteiger partial charge in [-0.2, -0.15) is 0 Å². The number of thioether (sulfide) groups is 1. The molecule has 16 heavy (non-hydrogen) atoms. The first-order valence-corrected chi connectivity index (χ1v) is 6.69. The first-order chi connectivity index (χ1) is 7.63. The maximum absolute atomic E-state index is 11.5. The van der Waals surface area contributed by atoms with Crippen molar-refractivity contribution < 1.29 is 4.79 Å². The van der Waals surface area contributed by atoms with Gasteiger partial charge in [0.2, 0.25) is 0 Å². The molecule has 0 saturated heterocycles. The van der Waals surface area contributed by atoms with Crippen LogP contribution in [0.3, 0.4) is 0 Å². The third kappa shape index (κ3) is 4.45. The number of hydrogen-bond acceptors (Lipinski definition) is 2. The van der Waals surface area contributed by atoms with Crippen molar-refractivity contribution in [2.24, 2.45) is 0 Å². The molecule has 1 amide bonds. The third-order valence-corrected chi connectivity index (χ3v) is 3.25. The molecule has 0 aliphatic heterocycles. The van der Waals surface area contributed by atoms with Gasteiger partial charge in [-0.3, -0.25) is 4.79 Å². The van der Waals surface area contributed by atoms with Gasteiger partial charge in [-0.15, -0.1) is 0 Å². The monoisotopic (exact) mass is 257 g/mol. The van der Waals surface area contributed by atoms with Gasteiger partial charge in [0.15, 0.2) is 0 Å². The Morgan fingerprint density at radius 2 is 2.25 bits per heavy atom. The molecule has 0 aliphatic rings.